The fourth-order valence-electron chi connectivity index (χ4n) is 1.24. The van der Waals surface area contributed by atoms with Crippen LogP contribution >= 0.6 is 0 Å². The van der Waals surface area contributed by atoms with Crippen molar-refractivity contribution in [2.75, 3.05) is 0 Å². The van der Waals surface area contributed by atoms with Crippen LogP contribution in [-0.2, 0) is 5.41 Å². The Bertz CT molecular complexity index is 423. The number of rotatable bonds is 0. The largest absolute Gasteiger partial charge is 0.261 e. The second-order valence-corrected chi connectivity index (χ2v) is 4.25. The molecule has 2 aromatic heterocycles. The van der Waals surface area contributed by atoms with E-state index in [4.69, 9.17) is 0 Å². The minimum atomic E-state index is 0.0965. The Morgan fingerprint density at radius 3 is 2.69 bits per heavy atom. The molecule has 0 aliphatic carbocycles. The summed E-state index contributed by atoms with van der Waals surface area (Å²) in [4.78, 5) is 4.49. The molecule has 2 rings (SSSR count). The predicted octanol–water partition coefficient (Wildman–Crippen LogP) is 2.26. The lowest BCUT2D eigenvalue weighted by Gasteiger charge is -2.16. The molecule has 68 valence electrons. The molecule has 1 N–H and O–H groups in total. The first-order chi connectivity index (χ1) is 6.07. The van der Waals surface area contributed by atoms with Crippen LogP contribution in [0.25, 0.3) is 11.0 Å². The number of H-pyrrole nitrogens is 1. The van der Waals surface area contributed by atoms with Crippen LogP contribution in [0.1, 0.15) is 26.5 Å². The van der Waals surface area contributed by atoms with Crippen molar-refractivity contribution in [2.45, 2.75) is 26.2 Å². The monoisotopic (exact) mass is 175 g/mol. The molecule has 2 heterocycles. The third-order valence-corrected chi connectivity index (χ3v) is 2.07. The molecular weight excluding hydrogens is 162 g/mol. The number of fused-ring (bicyclic) bond motifs is 1. The highest BCUT2D eigenvalue weighted by atomic mass is 15.1. The van der Waals surface area contributed by atoms with E-state index in [1.165, 1.54) is 0 Å². The molecule has 13 heavy (non-hydrogen) atoms. The molecule has 0 aliphatic rings. The smallest absolute Gasteiger partial charge is 0.155 e. The zero-order chi connectivity index (χ0) is 9.47. The van der Waals surface area contributed by atoms with Crippen LogP contribution in [0.15, 0.2) is 18.3 Å². The molecule has 3 nitrogen and oxygen atoms in total. The third kappa shape index (κ3) is 1.41. The maximum absolute atomic E-state index is 4.49. The van der Waals surface area contributed by atoms with Crippen molar-refractivity contribution in [1.82, 2.24) is 15.2 Å². The van der Waals surface area contributed by atoms with Gasteiger partial charge >= 0.3 is 0 Å². The number of hydrogen-bond acceptors (Lipinski definition) is 2. The summed E-state index contributed by atoms with van der Waals surface area (Å²) in [6, 6.07) is 4.10. The highest BCUT2D eigenvalue weighted by molar-refractivity contribution is 5.73. The standard InChI is InChI=1S/C10H13N3/c1-10(2,3)8-5-4-7-6-11-13-9(7)12-8/h4-6H,1-3H3,(H,11,12,13). The minimum Gasteiger partial charge on any atom is -0.261 e. The zero-order valence-corrected chi connectivity index (χ0v) is 8.13. The van der Waals surface area contributed by atoms with Crippen LogP contribution in [0.4, 0.5) is 0 Å². The maximum Gasteiger partial charge on any atom is 0.155 e. The van der Waals surface area contributed by atoms with E-state index in [-0.39, 0.29) is 5.41 Å². The molecule has 0 unspecified atom stereocenters. The number of aromatic amines is 1. The van der Waals surface area contributed by atoms with Crippen LogP contribution in [0, 0.1) is 0 Å². The number of pyridine rings is 1. The fraction of sp³-hybridized carbons (Fsp3) is 0.400. The van der Waals surface area contributed by atoms with E-state index in [0.29, 0.717) is 0 Å². The van der Waals surface area contributed by atoms with Crippen LogP contribution in [0.5, 0.6) is 0 Å². The second-order valence-electron chi connectivity index (χ2n) is 4.25. The van der Waals surface area contributed by atoms with E-state index >= 15 is 0 Å². The highest BCUT2D eigenvalue weighted by Crippen LogP contribution is 2.21. The number of aromatic nitrogens is 3. The van der Waals surface area contributed by atoms with Gasteiger partial charge in [-0.15, -0.1) is 0 Å². The molecule has 0 fully saturated rings. The van der Waals surface area contributed by atoms with E-state index in [1.54, 1.807) is 6.20 Å². The summed E-state index contributed by atoms with van der Waals surface area (Å²) >= 11 is 0. The van der Waals surface area contributed by atoms with Crippen molar-refractivity contribution in [2.24, 2.45) is 0 Å². The third-order valence-electron chi connectivity index (χ3n) is 2.07. The van der Waals surface area contributed by atoms with E-state index in [9.17, 15) is 0 Å². The molecule has 3 heteroatoms. The van der Waals surface area contributed by atoms with Crippen LogP contribution in [0.3, 0.4) is 0 Å². The molecule has 0 atom stereocenters. The van der Waals surface area contributed by atoms with E-state index < -0.39 is 0 Å². The molecule has 0 bridgehead atoms. The number of nitrogens with one attached hydrogen (secondary N) is 1. The van der Waals surface area contributed by atoms with Gasteiger partial charge in [-0.1, -0.05) is 20.8 Å². The van der Waals surface area contributed by atoms with Gasteiger partial charge in [0.25, 0.3) is 0 Å². The molecule has 0 spiro atoms. The van der Waals surface area contributed by atoms with Crippen molar-refractivity contribution in [3.63, 3.8) is 0 Å². The molecule has 0 aliphatic heterocycles. The average molecular weight is 175 g/mol. The molecule has 2 aromatic rings. The molecule has 0 aromatic carbocycles. The van der Waals surface area contributed by atoms with Crippen molar-refractivity contribution >= 4 is 11.0 Å². The zero-order valence-electron chi connectivity index (χ0n) is 8.13. The quantitative estimate of drug-likeness (QED) is 0.667. The second kappa shape index (κ2) is 2.55. The van der Waals surface area contributed by atoms with Gasteiger partial charge in [0.2, 0.25) is 0 Å². The van der Waals surface area contributed by atoms with Crippen molar-refractivity contribution in [3.05, 3.63) is 24.0 Å². The van der Waals surface area contributed by atoms with E-state index in [0.717, 1.165) is 16.7 Å². The van der Waals surface area contributed by atoms with Crippen molar-refractivity contribution in [1.29, 1.82) is 0 Å². The molecule has 0 radical (unpaired) electrons. The summed E-state index contributed by atoms with van der Waals surface area (Å²) in [6.07, 6.45) is 1.79. The van der Waals surface area contributed by atoms with Crippen LogP contribution in [0.2, 0.25) is 0 Å². The van der Waals surface area contributed by atoms with Gasteiger partial charge in [-0.3, -0.25) is 5.10 Å². The van der Waals surface area contributed by atoms with Crippen LogP contribution in [-0.4, -0.2) is 15.2 Å². The van der Waals surface area contributed by atoms with Gasteiger partial charge in [-0.2, -0.15) is 5.10 Å². The van der Waals surface area contributed by atoms with Gasteiger partial charge < -0.3 is 0 Å². The Labute approximate surface area is 77.2 Å². The highest BCUT2D eigenvalue weighted by Gasteiger charge is 2.15. The summed E-state index contributed by atoms with van der Waals surface area (Å²) < 4.78 is 0. The Morgan fingerprint density at radius 2 is 2.00 bits per heavy atom. The Hall–Kier alpha value is -1.38. The van der Waals surface area contributed by atoms with Gasteiger partial charge in [0.1, 0.15) is 0 Å². The first-order valence-corrected chi connectivity index (χ1v) is 4.38. The summed E-state index contributed by atoms with van der Waals surface area (Å²) in [6.45, 7) is 6.45. The molecular formula is C10H13N3. The topological polar surface area (TPSA) is 41.6 Å². The van der Waals surface area contributed by atoms with Crippen LogP contribution < -0.4 is 0 Å². The maximum atomic E-state index is 4.49. The Morgan fingerprint density at radius 1 is 1.23 bits per heavy atom. The van der Waals surface area contributed by atoms with Crippen molar-refractivity contribution in [3.8, 4) is 0 Å². The van der Waals surface area contributed by atoms with E-state index in [1.807, 2.05) is 6.07 Å². The lowest BCUT2D eigenvalue weighted by molar-refractivity contribution is 0.571. The number of hydrogen-bond donors (Lipinski definition) is 1. The first kappa shape index (κ1) is 8.23. The summed E-state index contributed by atoms with van der Waals surface area (Å²) in [7, 11) is 0. The van der Waals surface area contributed by atoms with E-state index in [2.05, 4.69) is 42.0 Å². The molecule has 0 saturated heterocycles. The fourth-order valence-corrected chi connectivity index (χ4v) is 1.24. The Kier molecular flexibility index (Phi) is 1.62. The minimum absolute atomic E-state index is 0.0965. The Balaban J connectivity index is 2.61. The normalized spacial score (nSPS) is 12.2. The predicted molar refractivity (Wildman–Crippen MR) is 52.6 cm³/mol. The first-order valence-electron chi connectivity index (χ1n) is 4.38. The number of nitrogens with zero attached hydrogens (tertiary/aromatic N) is 2. The summed E-state index contributed by atoms with van der Waals surface area (Å²) in [5, 5.41) is 7.87. The van der Waals surface area contributed by atoms with Gasteiger partial charge in [0.15, 0.2) is 5.65 Å². The molecule has 0 amide bonds. The van der Waals surface area contributed by atoms with Crippen molar-refractivity contribution < 1.29 is 0 Å². The van der Waals surface area contributed by atoms with Gasteiger partial charge in [0.05, 0.1) is 6.20 Å². The van der Waals surface area contributed by atoms with Gasteiger partial charge in [0, 0.05) is 16.5 Å². The lowest BCUT2D eigenvalue weighted by Crippen LogP contribution is -2.13. The summed E-state index contributed by atoms with van der Waals surface area (Å²) in [5.74, 6) is 0. The van der Waals surface area contributed by atoms with Gasteiger partial charge in [-0.05, 0) is 12.1 Å². The van der Waals surface area contributed by atoms with Gasteiger partial charge in [-0.25, -0.2) is 4.98 Å². The summed E-state index contributed by atoms with van der Waals surface area (Å²) in [5.41, 5.74) is 2.05. The SMILES string of the molecule is CC(C)(C)c1ccc2cn[nH]c2n1. The lowest BCUT2D eigenvalue weighted by atomic mass is 9.91. The average Bonchev–Trinajstić information content (AvgIpc) is 2.47. The molecule has 0 saturated carbocycles.